The van der Waals surface area contributed by atoms with E-state index in [1.807, 2.05) is 26.0 Å². The number of benzene rings is 1. The number of aromatic nitrogens is 2. The normalized spacial score (nSPS) is 10.5. The highest BCUT2D eigenvalue weighted by molar-refractivity contribution is 5.82. The Kier molecular flexibility index (Phi) is 7.25. The number of nitrogens with two attached hydrogens (primary N) is 1. The molecule has 0 aliphatic carbocycles. The maximum Gasteiger partial charge on any atom is 0.414 e. The minimum atomic E-state index is -0.620. The summed E-state index contributed by atoms with van der Waals surface area (Å²) < 4.78 is 21.1. The first-order valence-electron chi connectivity index (χ1n) is 8.72. The second kappa shape index (κ2) is 9.63. The fourth-order valence-electron chi connectivity index (χ4n) is 2.44. The molecule has 3 N–H and O–H groups in total. The van der Waals surface area contributed by atoms with Gasteiger partial charge in [-0.1, -0.05) is 13.8 Å². The summed E-state index contributed by atoms with van der Waals surface area (Å²) in [7, 11) is 4.65. The molecule has 28 heavy (non-hydrogen) atoms. The van der Waals surface area contributed by atoms with Crippen LogP contribution in [0.25, 0.3) is 0 Å². The molecule has 152 valence electrons. The summed E-state index contributed by atoms with van der Waals surface area (Å²) in [5.41, 5.74) is 7.60. The maximum absolute atomic E-state index is 11.7. The van der Waals surface area contributed by atoms with Crippen molar-refractivity contribution in [3.63, 3.8) is 0 Å². The van der Waals surface area contributed by atoms with Crippen molar-refractivity contribution in [2.24, 2.45) is 5.92 Å². The van der Waals surface area contributed by atoms with Gasteiger partial charge in [-0.05, 0) is 23.6 Å². The molecule has 9 nitrogen and oxygen atoms in total. The van der Waals surface area contributed by atoms with Gasteiger partial charge in [0.05, 0.1) is 27.9 Å². The highest BCUT2D eigenvalue weighted by Gasteiger charge is 2.15. The van der Waals surface area contributed by atoms with E-state index in [1.165, 1.54) is 0 Å². The van der Waals surface area contributed by atoms with E-state index in [2.05, 4.69) is 15.3 Å². The molecule has 9 heteroatoms. The second-order valence-corrected chi connectivity index (χ2v) is 6.43. The molecule has 1 aromatic carbocycles. The molecule has 1 heterocycles. The smallest absolute Gasteiger partial charge is 0.414 e. The molecule has 0 atom stereocenters. The number of hydrogen-bond donors (Lipinski definition) is 2. The molecule has 0 saturated heterocycles. The lowest BCUT2D eigenvalue weighted by molar-refractivity contribution is 0.147. The van der Waals surface area contributed by atoms with Crippen LogP contribution in [0.3, 0.4) is 0 Å². The van der Waals surface area contributed by atoms with Crippen molar-refractivity contribution in [1.29, 1.82) is 0 Å². The molecule has 1 amide bonds. The fraction of sp³-hybridized carbons (Fsp3) is 0.421. The van der Waals surface area contributed by atoms with Crippen LogP contribution in [0.15, 0.2) is 18.3 Å². The van der Waals surface area contributed by atoms with Gasteiger partial charge in [0, 0.05) is 18.2 Å². The van der Waals surface area contributed by atoms with Crippen LogP contribution in [-0.4, -0.2) is 44.0 Å². The van der Waals surface area contributed by atoms with Crippen LogP contribution in [0.4, 0.5) is 16.6 Å². The second-order valence-electron chi connectivity index (χ2n) is 6.43. The topological polar surface area (TPSA) is 118 Å². The highest BCUT2D eigenvalue weighted by Crippen LogP contribution is 2.38. The summed E-state index contributed by atoms with van der Waals surface area (Å²) in [6.45, 7) is 4.19. The lowest BCUT2D eigenvalue weighted by Crippen LogP contribution is -2.18. The van der Waals surface area contributed by atoms with E-state index in [9.17, 15) is 4.79 Å². The number of carbonyl (C=O) groups excluding carboxylic acids is 1. The van der Waals surface area contributed by atoms with Gasteiger partial charge in [-0.3, -0.25) is 5.32 Å². The van der Waals surface area contributed by atoms with Gasteiger partial charge >= 0.3 is 6.09 Å². The fourth-order valence-corrected chi connectivity index (χ4v) is 2.44. The van der Waals surface area contributed by atoms with E-state index in [0.717, 1.165) is 5.56 Å². The Balaban J connectivity index is 2.16. The van der Waals surface area contributed by atoms with E-state index >= 15 is 0 Å². The predicted octanol–water partition coefficient (Wildman–Crippen LogP) is 2.88. The van der Waals surface area contributed by atoms with Crippen LogP contribution in [0.2, 0.25) is 0 Å². The van der Waals surface area contributed by atoms with E-state index in [0.29, 0.717) is 35.8 Å². The van der Waals surface area contributed by atoms with Crippen molar-refractivity contribution in [3.05, 3.63) is 29.5 Å². The standard InChI is InChI=1S/C19H26N4O5/c1-11(2)10-28-19(24)23-18-21-9-13(17(20)22-18)6-12-7-14(25-3)16(27-5)15(8-12)26-4/h7-9,11H,6,10H2,1-5H3,(H3,20,21,22,23,24). The van der Waals surface area contributed by atoms with Crippen molar-refractivity contribution in [1.82, 2.24) is 9.97 Å². The summed E-state index contributed by atoms with van der Waals surface area (Å²) in [4.78, 5) is 20.0. The van der Waals surface area contributed by atoms with E-state index in [1.54, 1.807) is 27.5 Å². The third-order valence-corrected chi connectivity index (χ3v) is 3.78. The molecule has 1 aromatic heterocycles. The van der Waals surface area contributed by atoms with Crippen molar-refractivity contribution in [2.75, 3.05) is 39.0 Å². The van der Waals surface area contributed by atoms with Crippen LogP contribution in [-0.2, 0) is 11.2 Å². The Labute approximate surface area is 164 Å². The molecule has 0 aliphatic heterocycles. The van der Waals surface area contributed by atoms with Crippen molar-refractivity contribution < 1.29 is 23.7 Å². The quantitative estimate of drug-likeness (QED) is 0.706. The molecular weight excluding hydrogens is 364 g/mol. The average Bonchev–Trinajstić information content (AvgIpc) is 2.67. The molecule has 0 radical (unpaired) electrons. The number of carbonyl (C=O) groups is 1. The summed E-state index contributed by atoms with van der Waals surface area (Å²) in [6, 6.07) is 3.66. The minimum Gasteiger partial charge on any atom is -0.493 e. The Morgan fingerprint density at radius 1 is 1.14 bits per heavy atom. The SMILES string of the molecule is COc1cc(Cc2cnc(NC(=O)OCC(C)C)nc2N)cc(OC)c1OC. The lowest BCUT2D eigenvalue weighted by atomic mass is 10.1. The molecule has 2 aromatic rings. The Hall–Kier alpha value is -3.23. The van der Waals surface area contributed by atoms with Crippen molar-refractivity contribution in [3.8, 4) is 17.2 Å². The Bertz CT molecular complexity index is 801. The number of amides is 1. The van der Waals surface area contributed by atoms with Crippen LogP contribution in [0.1, 0.15) is 25.0 Å². The van der Waals surface area contributed by atoms with Gasteiger partial charge in [0.25, 0.3) is 0 Å². The van der Waals surface area contributed by atoms with Crippen LogP contribution in [0.5, 0.6) is 17.2 Å². The predicted molar refractivity (Wildman–Crippen MR) is 105 cm³/mol. The first kappa shape index (κ1) is 21.1. The number of hydrogen-bond acceptors (Lipinski definition) is 8. The summed E-state index contributed by atoms with van der Waals surface area (Å²) in [6.07, 6.45) is 1.38. The molecular formula is C19H26N4O5. The molecule has 0 spiro atoms. The number of methoxy groups -OCH3 is 3. The molecule has 2 rings (SSSR count). The molecule has 0 saturated carbocycles. The van der Waals surface area contributed by atoms with Gasteiger partial charge in [-0.25, -0.2) is 9.78 Å². The van der Waals surface area contributed by atoms with Gasteiger partial charge in [-0.15, -0.1) is 0 Å². The molecule has 0 bridgehead atoms. The van der Waals surface area contributed by atoms with Gasteiger partial charge in [-0.2, -0.15) is 4.98 Å². The molecule has 0 aliphatic rings. The van der Waals surface area contributed by atoms with Gasteiger partial charge in [0.2, 0.25) is 11.7 Å². The number of nitrogens with one attached hydrogen (secondary N) is 1. The van der Waals surface area contributed by atoms with Gasteiger partial charge in [0.1, 0.15) is 5.82 Å². The van der Waals surface area contributed by atoms with Crippen LogP contribution >= 0.6 is 0 Å². The maximum atomic E-state index is 11.7. The third kappa shape index (κ3) is 5.38. The summed E-state index contributed by atoms with van der Waals surface area (Å²) >= 11 is 0. The minimum absolute atomic E-state index is 0.0832. The zero-order chi connectivity index (χ0) is 20.7. The van der Waals surface area contributed by atoms with Crippen LogP contribution < -0.4 is 25.3 Å². The number of nitrogens with zero attached hydrogens (tertiary/aromatic N) is 2. The molecule has 0 fully saturated rings. The first-order chi connectivity index (χ1) is 13.4. The highest BCUT2D eigenvalue weighted by atomic mass is 16.5. The number of ether oxygens (including phenoxy) is 4. The Morgan fingerprint density at radius 2 is 1.79 bits per heavy atom. The first-order valence-corrected chi connectivity index (χ1v) is 8.72. The third-order valence-electron chi connectivity index (χ3n) is 3.78. The Morgan fingerprint density at radius 3 is 2.29 bits per heavy atom. The zero-order valence-electron chi connectivity index (χ0n) is 16.7. The largest absolute Gasteiger partial charge is 0.493 e. The van der Waals surface area contributed by atoms with Gasteiger partial charge < -0.3 is 24.7 Å². The van der Waals surface area contributed by atoms with Crippen molar-refractivity contribution in [2.45, 2.75) is 20.3 Å². The molecule has 0 unspecified atom stereocenters. The number of anilines is 2. The van der Waals surface area contributed by atoms with Gasteiger partial charge in [0.15, 0.2) is 11.5 Å². The zero-order valence-corrected chi connectivity index (χ0v) is 16.7. The lowest BCUT2D eigenvalue weighted by Gasteiger charge is -2.14. The summed E-state index contributed by atoms with van der Waals surface area (Å²) in [5, 5.41) is 2.46. The number of nitrogen functional groups attached to an aromatic ring is 1. The average molecular weight is 390 g/mol. The monoisotopic (exact) mass is 390 g/mol. The summed E-state index contributed by atoms with van der Waals surface area (Å²) in [5.74, 6) is 2.17. The van der Waals surface area contributed by atoms with Crippen LogP contribution in [0, 0.1) is 5.92 Å². The number of rotatable bonds is 8. The van der Waals surface area contributed by atoms with Crippen molar-refractivity contribution >= 4 is 17.9 Å². The van der Waals surface area contributed by atoms with E-state index in [-0.39, 0.29) is 17.7 Å². The van der Waals surface area contributed by atoms with E-state index in [4.69, 9.17) is 24.7 Å². The van der Waals surface area contributed by atoms with E-state index < -0.39 is 6.09 Å².